The van der Waals surface area contributed by atoms with Crippen LogP contribution >= 0.6 is 0 Å². The van der Waals surface area contributed by atoms with Gasteiger partial charge in [-0.2, -0.15) is 0 Å². The van der Waals surface area contributed by atoms with Crippen molar-refractivity contribution in [3.63, 3.8) is 0 Å². The molecule has 1 heterocycles. The Kier molecular flexibility index (Phi) is 9.53. The minimum Gasteiger partial charge on any atom is -0.624 e. The molecule has 0 aliphatic carbocycles. The van der Waals surface area contributed by atoms with E-state index < -0.39 is 12.4 Å². The molecule has 0 aromatic heterocycles. The lowest BCUT2D eigenvalue weighted by atomic mass is 9.65. The highest BCUT2D eigenvalue weighted by Gasteiger charge is 2.55. The average Bonchev–Trinajstić information content (AvgIpc) is 3.06. The van der Waals surface area contributed by atoms with Crippen LogP contribution in [0.2, 0.25) is 0 Å². The number of nitrogens with zero attached hydrogens (tertiary/aromatic N) is 1. The molecular formula is C37H34BFN2O4. The molecule has 0 bridgehead atoms. The molecule has 226 valence electrons. The van der Waals surface area contributed by atoms with Crippen molar-refractivity contribution in [2.45, 2.75) is 20.3 Å². The second-order valence-electron chi connectivity index (χ2n) is 10.9. The first-order valence-electron chi connectivity index (χ1n) is 14.8. The second-order valence-corrected chi connectivity index (χ2v) is 10.9. The SMILES string of the molecule is Cc1ccc(C(=O)NCCc2ccccc2)cc1.Cc1ccc(C(=O)[B-]2(F)Oc3ccccc3C=[N+]2c2ccccc2O)cc1. The van der Waals surface area contributed by atoms with Crippen LogP contribution in [-0.2, 0) is 6.42 Å². The van der Waals surface area contributed by atoms with Gasteiger partial charge in [-0.1, -0.05) is 102 Å². The molecule has 1 aliphatic heterocycles. The minimum atomic E-state index is -3.66. The number of phenols is 1. The molecular weight excluding hydrogens is 566 g/mol. The topological polar surface area (TPSA) is 78.6 Å². The van der Waals surface area contributed by atoms with Gasteiger partial charge in [-0.25, -0.2) is 0 Å². The van der Waals surface area contributed by atoms with Gasteiger partial charge in [0, 0.05) is 18.2 Å². The highest BCUT2D eigenvalue weighted by Crippen LogP contribution is 2.36. The van der Waals surface area contributed by atoms with E-state index in [0.29, 0.717) is 17.7 Å². The Balaban J connectivity index is 0.000000194. The number of aryl methyl sites for hydroxylation is 2. The maximum atomic E-state index is 16.2. The Morgan fingerprint density at radius 1 is 0.756 bits per heavy atom. The van der Waals surface area contributed by atoms with Crippen molar-refractivity contribution < 1.29 is 28.2 Å². The summed E-state index contributed by atoms with van der Waals surface area (Å²) in [7, 11) is 0. The molecule has 0 saturated carbocycles. The Labute approximate surface area is 262 Å². The lowest BCUT2D eigenvalue weighted by Crippen LogP contribution is -2.57. The highest BCUT2D eigenvalue weighted by atomic mass is 19.1. The number of fused-ring (bicyclic) bond motifs is 1. The van der Waals surface area contributed by atoms with E-state index in [0.717, 1.165) is 22.0 Å². The molecule has 6 nitrogen and oxygen atoms in total. The quantitative estimate of drug-likeness (QED) is 0.195. The van der Waals surface area contributed by atoms with Gasteiger partial charge >= 0.3 is 6.76 Å². The van der Waals surface area contributed by atoms with E-state index >= 15 is 4.32 Å². The van der Waals surface area contributed by atoms with Crippen LogP contribution in [0.25, 0.3) is 0 Å². The third-order valence-corrected chi connectivity index (χ3v) is 7.51. The monoisotopic (exact) mass is 600 g/mol. The number of benzene rings is 5. The number of carbonyl (C=O) groups excluding carboxylic acids is 2. The molecule has 1 amide bonds. The fraction of sp³-hybridized carbons (Fsp3) is 0.108. The van der Waals surface area contributed by atoms with Crippen LogP contribution in [0.1, 0.15) is 43.0 Å². The summed E-state index contributed by atoms with van der Waals surface area (Å²) in [5.74, 6) is 0.135. The van der Waals surface area contributed by atoms with Gasteiger partial charge in [0.25, 0.3) is 5.91 Å². The number of hydrogen-bond acceptors (Lipinski definition) is 4. The van der Waals surface area contributed by atoms with Crippen LogP contribution in [0.5, 0.6) is 11.5 Å². The molecule has 0 saturated heterocycles. The second kappa shape index (κ2) is 13.9. The maximum Gasteiger partial charge on any atom is 0.704 e. The van der Waals surface area contributed by atoms with Gasteiger partial charge in [-0.05, 0) is 61.7 Å². The van der Waals surface area contributed by atoms with Crippen LogP contribution in [-0.4, -0.2) is 40.7 Å². The molecule has 1 aliphatic rings. The van der Waals surface area contributed by atoms with Gasteiger partial charge in [-0.15, -0.1) is 0 Å². The Hall–Kier alpha value is -5.50. The summed E-state index contributed by atoms with van der Waals surface area (Å²) in [6.07, 6.45) is 2.36. The maximum absolute atomic E-state index is 16.2. The number of para-hydroxylation sites is 3. The molecule has 1 unspecified atom stereocenters. The van der Waals surface area contributed by atoms with Crippen LogP contribution in [0, 0.1) is 13.8 Å². The Morgan fingerprint density at radius 2 is 1.33 bits per heavy atom. The van der Waals surface area contributed by atoms with E-state index in [-0.39, 0.29) is 28.7 Å². The number of phenolic OH excluding ortho intramolecular Hbond substituents is 1. The lowest BCUT2D eigenvalue weighted by Gasteiger charge is -2.33. The van der Waals surface area contributed by atoms with Crippen LogP contribution < -0.4 is 9.97 Å². The first-order chi connectivity index (χ1) is 21.7. The van der Waals surface area contributed by atoms with Crippen molar-refractivity contribution in [2.75, 3.05) is 6.54 Å². The highest BCUT2D eigenvalue weighted by molar-refractivity contribution is 6.94. The fourth-order valence-electron chi connectivity index (χ4n) is 4.97. The van der Waals surface area contributed by atoms with E-state index in [1.54, 1.807) is 66.7 Å². The molecule has 2 N–H and O–H groups in total. The fourth-order valence-corrected chi connectivity index (χ4v) is 4.97. The van der Waals surface area contributed by atoms with Crippen LogP contribution in [0.4, 0.5) is 10.0 Å². The molecule has 5 aromatic rings. The van der Waals surface area contributed by atoms with Crippen molar-refractivity contribution in [1.29, 1.82) is 0 Å². The van der Waals surface area contributed by atoms with Crippen molar-refractivity contribution in [3.8, 4) is 11.5 Å². The number of nitrogens with one attached hydrogen (secondary N) is 1. The third-order valence-electron chi connectivity index (χ3n) is 7.51. The summed E-state index contributed by atoms with van der Waals surface area (Å²) < 4.78 is 23.0. The van der Waals surface area contributed by atoms with Gasteiger partial charge in [0.1, 0.15) is 6.21 Å². The standard InChI is InChI=1S/C21H17BFNO3.C16H17NO/c1-15-10-12-16(13-11-15)21(26)22(23)24(18-7-3-4-8-19(18)25)14-17-6-2-5-9-20(17)27-22;1-13-7-9-15(10-8-13)16(18)17-12-11-14-5-3-2-4-6-14/h2-14,25H,1H3;2-10H,11-12H2,1H3,(H,17,18). The van der Waals surface area contributed by atoms with E-state index in [1.807, 2.05) is 56.3 Å². The largest absolute Gasteiger partial charge is 0.704 e. The smallest absolute Gasteiger partial charge is 0.624 e. The number of hydrogen-bond donors (Lipinski definition) is 2. The van der Waals surface area contributed by atoms with Gasteiger partial charge in [0.05, 0.1) is 11.3 Å². The first kappa shape index (κ1) is 30.9. The summed E-state index contributed by atoms with van der Waals surface area (Å²) in [6, 6.07) is 37.6. The average molecular weight is 600 g/mol. The van der Waals surface area contributed by atoms with Gasteiger partial charge in [-0.3, -0.25) is 4.79 Å². The Morgan fingerprint density at radius 3 is 2.00 bits per heavy atom. The summed E-state index contributed by atoms with van der Waals surface area (Å²) in [5.41, 5.74) is 4.28. The third kappa shape index (κ3) is 7.36. The van der Waals surface area contributed by atoms with Crippen LogP contribution in [0.15, 0.2) is 127 Å². The van der Waals surface area contributed by atoms with Crippen molar-refractivity contribution in [1.82, 2.24) is 5.32 Å². The molecule has 0 spiro atoms. The number of aromatic hydroxyl groups is 1. The summed E-state index contributed by atoms with van der Waals surface area (Å²) in [6.45, 7) is 0.904. The number of carbonyl (C=O) groups is 2. The molecule has 0 fully saturated rings. The summed E-state index contributed by atoms with van der Waals surface area (Å²) in [4.78, 5) is 25.0. The molecule has 0 radical (unpaired) electrons. The summed E-state index contributed by atoms with van der Waals surface area (Å²) in [5, 5.41) is 13.2. The Bertz CT molecular complexity index is 1830. The predicted octanol–water partition coefficient (Wildman–Crippen LogP) is 7.15. The first-order valence-corrected chi connectivity index (χ1v) is 14.8. The van der Waals surface area contributed by atoms with Crippen molar-refractivity contribution in [3.05, 3.63) is 161 Å². The minimum absolute atomic E-state index is 0.00840. The van der Waals surface area contributed by atoms with E-state index in [9.17, 15) is 14.7 Å². The zero-order valence-electron chi connectivity index (χ0n) is 25.2. The normalized spacial score (nSPS) is 15.0. The van der Waals surface area contributed by atoms with Crippen molar-refractivity contribution in [2.24, 2.45) is 0 Å². The van der Waals surface area contributed by atoms with Crippen molar-refractivity contribution >= 4 is 30.3 Å². The summed E-state index contributed by atoms with van der Waals surface area (Å²) >= 11 is 0. The van der Waals surface area contributed by atoms with Gasteiger partial charge < -0.3 is 28.7 Å². The van der Waals surface area contributed by atoms with Crippen LogP contribution in [0.3, 0.4) is 0 Å². The molecule has 1 atom stereocenters. The van der Waals surface area contributed by atoms with Gasteiger partial charge in [0.2, 0.25) is 0 Å². The van der Waals surface area contributed by atoms with E-state index in [2.05, 4.69) is 17.4 Å². The zero-order chi connectivity index (χ0) is 31.8. The molecule has 6 rings (SSSR count). The predicted molar refractivity (Wildman–Crippen MR) is 176 cm³/mol. The number of halogens is 1. The number of rotatable bonds is 7. The van der Waals surface area contributed by atoms with Gasteiger partial charge in [0.15, 0.2) is 17.1 Å². The lowest BCUT2D eigenvalue weighted by molar-refractivity contribution is -0.323. The molecule has 45 heavy (non-hydrogen) atoms. The number of amides is 1. The van der Waals surface area contributed by atoms with E-state index in [4.69, 9.17) is 4.65 Å². The molecule has 8 heteroatoms. The molecule has 5 aromatic carbocycles. The zero-order valence-corrected chi connectivity index (χ0v) is 25.2. The van der Waals surface area contributed by atoms with E-state index in [1.165, 1.54) is 17.8 Å².